The van der Waals surface area contributed by atoms with Crippen molar-refractivity contribution in [3.8, 4) is 0 Å². The maximum Gasteiger partial charge on any atom is 0.163 e. The Labute approximate surface area is 373 Å². The lowest BCUT2D eigenvalue weighted by Crippen LogP contribution is -2.27. The molecule has 61 heavy (non-hydrogen) atoms. The van der Waals surface area contributed by atoms with Crippen molar-refractivity contribution in [3.05, 3.63) is 178 Å². The Morgan fingerprint density at radius 2 is 0.934 bits per heavy atom. The molecule has 6 nitrogen and oxygen atoms in total. The summed E-state index contributed by atoms with van der Waals surface area (Å²) in [4.78, 5) is 11.1. The third-order valence-electron chi connectivity index (χ3n) is 9.46. The van der Waals surface area contributed by atoms with E-state index in [1.165, 1.54) is 27.8 Å². The van der Waals surface area contributed by atoms with Gasteiger partial charge < -0.3 is 27.0 Å². The van der Waals surface area contributed by atoms with E-state index in [4.69, 9.17) is 16.6 Å². The maximum atomic E-state index is 11.1. The van der Waals surface area contributed by atoms with Crippen LogP contribution < -0.4 is 16.8 Å². The van der Waals surface area contributed by atoms with Crippen LogP contribution in [0.4, 0.5) is 0 Å². The number of Topliss-reactive ketones (excluding diaryl/α,β-unsaturated/α-hetero) is 1. The summed E-state index contributed by atoms with van der Waals surface area (Å²) in [5.41, 5.74) is 21.3. The van der Waals surface area contributed by atoms with Crippen molar-refractivity contribution in [1.29, 1.82) is 0 Å². The zero-order chi connectivity index (χ0) is 46.4. The number of aliphatic hydroxyl groups is 2. The smallest absolute Gasteiger partial charge is 0.163 e. The van der Waals surface area contributed by atoms with E-state index in [-0.39, 0.29) is 25.3 Å². The summed E-state index contributed by atoms with van der Waals surface area (Å²) < 4.78 is 0. The van der Waals surface area contributed by atoms with E-state index in [9.17, 15) is 9.90 Å². The molecule has 0 radical (unpaired) electrons. The number of rotatable bonds is 6. The Kier molecular flexibility index (Phi) is 37.0. The zero-order valence-corrected chi connectivity index (χ0v) is 40.1. The van der Waals surface area contributed by atoms with E-state index in [0.717, 1.165) is 48.8 Å². The molecule has 0 saturated carbocycles. The minimum Gasteiger partial charge on any atom is -0.394 e. The Balaban J connectivity index is 0. The molecule has 5 aromatic rings. The lowest BCUT2D eigenvalue weighted by atomic mass is 10.0. The van der Waals surface area contributed by atoms with Crippen molar-refractivity contribution >= 4 is 5.78 Å². The number of aliphatic hydroxyl groups excluding tert-OH is 2. The molecule has 8 rings (SSSR count). The number of hydrogen-bond acceptors (Lipinski definition) is 6. The summed E-state index contributed by atoms with van der Waals surface area (Å²) in [6.07, 6.45) is 6.18. The SMILES string of the molecule is CC.CC.CC.CC.CC.CC.N[C@@H](CO)c1ccccc1.N[C@H]1CCc2ccccc21.O=C1CCc2ccccc21.OC[C@H](N[C@H]1CCc2ccccc21)c1ccccc1. The fourth-order valence-corrected chi connectivity index (χ4v) is 6.70. The van der Waals surface area contributed by atoms with E-state index in [0.29, 0.717) is 24.3 Å². The highest BCUT2D eigenvalue weighted by Crippen LogP contribution is 2.33. The first-order valence-corrected chi connectivity index (χ1v) is 23.3. The van der Waals surface area contributed by atoms with E-state index >= 15 is 0 Å². The van der Waals surface area contributed by atoms with Gasteiger partial charge in [-0.05, 0) is 71.0 Å². The number of nitrogens with one attached hydrogen (secondary N) is 1. The minimum absolute atomic E-state index is 0.00398. The molecule has 5 aromatic carbocycles. The highest BCUT2D eigenvalue weighted by molar-refractivity contribution is 6.00. The minimum atomic E-state index is -0.235. The highest BCUT2D eigenvalue weighted by Gasteiger charge is 2.24. The average Bonchev–Trinajstić information content (AvgIpc) is 4.09. The van der Waals surface area contributed by atoms with Gasteiger partial charge in [-0.2, -0.15) is 0 Å². The van der Waals surface area contributed by atoms with E-state index in [1.54, 1.807) is 0 Å². The Hall–Kier alpha value is -4.43. The van der Waals surface area contributed by atoms with Gasteiger partial charge in [-0.15, -0.1) is 0 Å². The van der Waals surface area contributed by atoms with Crippen LogP contribution in [0.3, 0.4) is 0 Å². The van der Waals surface area contributed by atoms with Gasteiger partial charge in [0, 0.05) is 24.1 Å². The second-order valence-electron chi connectivity index (χ2n) is 12.7. The van der Waals surface area contributed by atoms with Crippen LogP contribution >= 0.6 is 0 Å². The number of ketones is 1. The van der Waals surface area contributed by atoms with Crippen LogP contribution in [0.25, 0.3) is 0 Å². The van der Waals surface area contributed by atoms with Gasteiger partial charge in [0.25, 0.3) is 0 Å². The van der Waals surface area contributed by atoms with Crippen LogP contribution in [-0.2, 0) is 19.3 Å². The van der Waals surface area contributed by atoms with Gasteiger partial charge in [0.15, 0.2) is 5.78 Å². The zero-order valence-electron chi connectivity index (χ0n) is 40.1. The van der Waals surface area contributed by atoms with Crippen LogP contribution in [0.2, 0.25) is 0 Å². The molecule has 0 aromatic heterocycles. The molecule has 7 N–H and O–H groups in total. The fourth-order valence-electron chi connectivity index (χ4n) is 6.70. The molecule has 6 heteroatoms. The van der Waals surface area contributed by atoms with Gasteiger partial charge in [-0.25, -0.2) is 0 Å². The molecule has 0 bridgehead atoms. The number of carbonyl (C=O) groups excluding carboxylic acids is 1. The largest absolute Gasteiger partial charge is 0.394 e. The second kappa shape index (κ2) is 38.5. The van der Waals surface area contributed by atoms with Gasteiger partial charge >= 0.3 is 0 Å². The first-order valence-electron chi connectivity index (χ1n) is 23.3. The number of hydrogen-bond donors (Lipinski definition) is 5. The van der Waals surface area contributed by atoms with Gasteiger partial charge in [0.05, 0.1) is 25.3 Å². The summed E-state index contributed by atoms with van der Waals surface area (Å²) in [6, 6.07) is 45.0. The number of carbonyl (C=O) groups is 1. The average molecular weight is 836 g/mol. The first kappa shape index (κ1) is 58.7. The normalized spacial score (nSPS) is 14.9. The molecule has 0 fully saturated rings. The highest BCUT2D eigenvalue weighted by atomic mass is 16.3. The lowest BCUT2D eigenvalue weighted by Gasteiger charge is -2.22. The number of aryl methyl sites for hydroxylation is 3. The third kappa shape index (κ3) is 20.8. The Morgan fingerprint density at radius 3 is 1.43 bits per heavy atom. The maximum absolute atomic E-state index is 11.1. The van der Waals surface area contributed by atoms with Crippen molar-refractivity contribution in [2.45, 2.75) is 146 Å². The summed E-state index contributed by atoms with van der Waals surface area (Å²) in [6.45, 7) is 24.1. The number of benzene rings is 5. The van der Waals surface area contributed by atoms with Gasteiger partial charge in [-0.1, -0.05) is 217 Å². The number of nitrogens with two attached hydrogens (primary N) is 2. The summed E-state index contributed by atoms with van der Waals surface area (Å²) in [5.74, 6) is 0.301. The van der Waals surface area contributed by atoms with E-state index < -0.39 is 0 Å². The third-order valence-corrected chi connectivity index (χ3v) is 9.46. The molecule has 3 aliphatic rings. The van der Waals surface area contributed by atoms with E-state index in [1.807, 2.05) is 156 Å². The van der Waals surface area contributed by atoms with Crippen molar-refractivity contribution in [3.63, 3.8) is 0 Å². The molecule has 0 unspecified atom stereocenters. The predicted molar refractivity (Wildman–Crippen MR) is 266 cm³/mol. The van der Waals surface area contributed by atoms with Crippen LogP contribution in [0, 0.1) is 0 Å². The molecule has 3 aliphatic carbocycles. The fraction of sp³-hybridized carbons (Fsp3) is 0.436. The quantitative estimate of drug-likeness (QED) is 0.116. The second-order valence-corrected chi connectivity index (χ2v) is 12.7. The van der Waals surface area contributed by atoms with Crippen LogP contribution in [-0.4, -0.2) is 29.2 Å². The standard InChI is InChI=1S/C17H19NO.C9H11N.C9H8O.C8H11NO.6C2H6/c19-12-17(14-7-2-1-3-8-14)18-16-11-10-13-6-4-5-9-15(13)16;2*10-9-6-5-7-3-1-2-4-8(7)9;9-8(6-10)7-4-2-1-3-5-7;6*1-2/h1-9,16-19H,10-12H2;1-4,9H,5-6,10H2;1-4H,5-6H2;1-5,8,10H,6,9H2;6*1-2H3/t16-,17-;9-;;8-;;;;;;/m00.0....../s1. The molecule has 0 amide bonds. The Morgan fingerprint density at radius 1 is 0.508 bits per heavy atom. The lowest BCUT2D eigenvalue weighted by molar-refractivity contribution is 0.0994. The Bertz CT molecular complexity index is 1750. The summed E-state index contributed by atoms with van der Waals surface area (Å²) in [5, 5.41) is 21.9. The molecule has 0 aliphatic heterocycles. The monoisotopic (exact) mass is 836 g/mol. The molecule has 0 saturated heterocycles. The molecular formula is C55H85N3O3. The topological polar surface area (TPSA) is 122 Å². The molecular weight excluding hydrogens is 751 g/mol. The van der Waals surface area contributed by atoms with Gasteiger partial charge in [-0.3, -0.25) is 4.79 Å². The van der Waals surface area contributed by atoms with Crippen molar-refractivity contribution in [2.75, 3.05) is 13.2 Å². The summed E-state index contributed by atoms with van der Waals surface area (Å²) in [7, 11) is 0. The van der Waals surface area contributed by atoms with Crippen LogP contribution in [0.5, 0.6) is 0 Å². The van der Waals surface area contributed by atoms with Gasteiger partial charge in [0.2, 0.25) is 0 Å². The van der Waals surface area contributed by atoms with Crippen molar-refractivity contribution in [1.82, 2.24) is 5.32 Å². The summed E-state index contributed by atoms with van der Waals surface area (Å²) >= 11 is 0. The van der Waals surface area contributed by atoms with Crippen molar-refractivity contribution in [2.24, 2.45) is 11.5 Å². The first-order chi connectivity index (χ1) is 30.0. The molecule has 0 spiro atoms. The number of fused-ring (bicyclic) bond motifs is 3. The predicted octanol–water partition coefficient (Wildman–Crippen LogP) is 13.3. The molecule has 0 heterocycles. The van der Waals surface area contributed by atoms with Gasteiger partial charge in [0.1, 0.15) is 0 Å². The van der Waals surface area contributed by atoms with Crippen LogP contribution in [0.1, 0.15) is 176 Å². The molecule has 4 atom stereocenters. The van der Waals surface area contributed by atoms with E-state index in [2.05, 4.69) is 66.0 Å². The van der Waals surface area contributed by atoms with Crippen molar-refractivity contribution < 1.29 is 15.0 Å². The van der Waals surface area contributed by atoms with Crippen LogP contribution in [0.15, 0.2) is 133 Å². The molecule has 338 valence electrons.